The topological polar surface area (TPSA) is 20.3 Å². The predicted molar refractivity (Wildman–Crippen MR) is 72.4 cm³/mol. The molecule has 0 bridgehead atoms. The van der Waals surface area contributed by atoms with Crippen LogP contribution in [-0.2, 0) is 0 Å². The number of amides is 1. The first-order valence-corrected chi connectivity index (χ1v) is 7.73. The van der Waals surface area contributed by atoms with E-state index in [9.17, 15) is 4.79 Å². The summed E-state index contributed by atoms with van der Waals surface area (Å²) in [5.41, 5.74) is 0. The Balaban J connectivity index is 2.13. The van der Waals surface area contributed by atoms with Crippen LogP contribution in [0.15, 0.2) is 0 Å². The second-order valence-electron chi connectivity index (χ2n) is 4.56. The van der Waals surface area contributed by atoms with Crippen LogP contribution in [0.3, 0.4) is 0 Å². The van der Waals surface area contributed by atoms with Crippen molar-refractivity contribution >= 4 is 28.6 Å². The van der Waals surface area contributed by atoms with Gasteiger partial charge in [0.2, 0.25) is 0 Å². The molecule has 16 heavy (non-hydrogen) atoms. The monoisotopic (exact) mass is 263 g/mol. The SMILES string of the molecule is CC(CCCCl)CSC(=O)N1CCCCC1. The molecule has 1 fully saturated rings. The molecule has 0 N–H and O–H groups in total. The first-order chi connectivity index (χ1) is 7.74. The van der Waals surface area contributed by atoms with Gasteiger partial charge in [-0.2, -0.15) is 0 Å². The third kappa shape index (κ3) is 5.44. The van der Waals surface area contributed by atoms with Crippen LogP contribution >= 0.6 is 23.4 Å². The number of rotatable bonds is 5. The molecule has 0 aromatic rings. The molecule has 1 rings (SSSR count). The lowest BCUT2D eigenvalue weighted by atomic mass is 10.1. The number of halogens is 1. The van der Waals surface area contributed by atoms with Crippen molar-refractivity contribution < 1.29 is 4.79 Å². The molecular weight excluding hydrogens is 242 g/mol. The molecule has 0 aromatic carbocycles. The van der Waals surface area contributed by atoms with E-state index in [-0.39, 0.29) is 5.24 Å². The summed E-state index contributed by atoms with van der Waals surface area (Å²) < 4.78 is 0. The lowest BCUT2D eigenvalue weighted by molar-refractivity contribution is 0.211. The number of thioether (sulfide) groups is 1. The van der Waals surface area contributed by atoms with Crippen LogP contribution in [-0.4, -0.2) is 34.9 Å². The smallest absolute Gasteiger partial charge is 0.281 e. The van der Waals surface area contributed by atoms with Gasteiger partial charge in [-0.3, -0.25) is 4.79 Å². The van der Waals surface area contributed by atoms with E-state index in [1.54, 1.807) is 0 Å². The van der Waals surface area contributed by atoms with Crippen LogP contribution in [0, 0.1) is 5.92 Å². The average molecular weight is 264 g/mol. The van der Waals surface area contributed by atoms with Crippen molar-refractivity contribution in [3.63, 3.8) is 0 Å². The Morgan fingerprint density at radius 3 is 2.69 bits per heavy atom. The highest BCUT2D eigenvalue weighted by atomic mass is 35.5. The second-order valence-corrected chi connectivity index (χ2v) is 5.91. The Labute approximate surface area is 108 Å². The number of carbonyl (C=O) groups is 1. The molecule has 0 saturated carbocycles. The van der Waals surface area contributed by atoms with Gasteiger partial charge in [-0.25, -0.2) is 0 Å². The fourth-order valence-corrected chi connectivity index (χ4v) is 3.00. The van der Waals surface area contributed by atoms with Crippen molar-refractivity contribution in [2.45, 2.75) is 39.0 Å². The highest BCUT2D eigenvalue weighted by Crippen LogP contribution is 2.19. The molecule has 0 aromatic heterocycles. The fourth-order valence-electron chi connectivity index (χ4n) is 1.89. The van der Waals surface area contributed by atoms with E-state index >= 15 is 0 Å². The number of nitrogens with zero attached hydrogens (tertiary/aromatic N) is 1. The summed E-state index contributed by atoms with van der Waals surface area (Å²) in [6, 6.07) is 0. The summed E-state index contributed by atoms with van der Waals surface area (Å²) in [6.45, 7) is 4.12. The zero-order valence-electron chi connectivity index (χ0n) is 10.1. The van der Waals surface area contributed by atoms with Crippen LogP contribution in [0.2, 0.25) is 0 Å². The molecule has 1 heterocycles. The van der Waals surface area contributed by atoms with E-state index in [1.165, 1.54) is 31.0 Å². The third-order valence-electron chi connectivity index (χ3n) is 2.94. The summed E-state index contributed by atoms with van der Waals surface area (Å²) in [7, 11) is 0. The maximum absolute atomic E-state index is 11.8. The van der Waals surface area contributed by atoms with Gasteiger partial charge >= 0.3 is 0 Å². The molecule has 0 spiro atoms. The van der Waals surface area contributed by atoms with Crippen molar-refractivity contribution in [3.05, 3.63) is 0 Å². The number of piperidine rings is 1. The Morgan fingerprint density at radius 2 is 2.06 bits per heavy atom. The van der Waals surface area contributed by atoms with Crippen molar-refractivity contribution in [1.29, 1.82) is 0 Å². The van der Waals surface area contributed by atoms with E-state index in [0.29, 0.717) is 5.92 Å². The molecule has 1 aliphatic rings. The van der Waals surface area contributed by atoms with Gasteiger partial charge in [-0.1, -0.05) is 18.7 Å². The van der Waals surface area contributed by atoms with Crippen molar-refractivity contribution in [2.24, 2.45) is 5.92 Å². The van der Waals surface area contributed by atoms with Gasteiger partial charge in [-0.05, 0) is 38.0 Å². The molecule has 0 aliphatic carbocycles. The highest BCUT2D eigenvalue weighted by molar-refractivity contribution is 8.13. The van der Waals surface area contributed by atoms with Crippen LogP contribution in [0.25, 0.3) is 0 Å². The number of alkyl halides is 1. The number of likely N-dealkylation sites (tertiary alicyclic amines) is 1. The Hall–Kier alpha value is 0.110. The fraction of sp³-hybridized carbons (Fsp3) is 0.917. The maximum Gasteiger partial charge on any atom is 0.281 e. The minimum Gasteiger partial charge on any atom is -0.334 e. The molecule has 2 nitrogen and oxygen atoms in total. The van der Waals surface area contributed by atoms with E-state index in [2.05, 4.69) is 6.92 Å². The van der Waals surface area contributed by atoms with Crippen LogP contribution in [0.5, 0.6) is 0 Å². The molecule has 4 heteroatoms. The molecule has 1 saturated heterocycles. The minimum atomic E-state index is 0.275. The molecular formula is C12H22ClNOS. The van der Waals surface area contributed by atoms with Gasteiger partial charge in [0, 0.05) is 24.7 Å². The number of hydrogen-bond donors (Lipinski definition) is 0. The Kier molecular flexibility index (Phi) is 7.30. The predicted octanol–water partition coefficient (Wildman–Crippen LogP) is 3.98. The normalized spacial score (nSPS) is 18.5. The largest absolute Gasteiger partial charge is 0.334 e. The zero-order valence-corrected chi connectivity index (χ0v) is 11.7. The van der Waals surface area contributed by atoms with Gasteiger partial charge in [0.25, 0.3) is 5.24 Å². The van der Waals surface area contributed by atoms with Gasteiger partial charge < -0.3 is 4.90 Å². The van der Waals surface area contributed by atoms with Gasteiger partial charge in [0.05, 0.1) is 0 Å². The standard InChI is InChI=1S/C12H22ClNOS/c1-11(6-5-7-13)10-16-12(15)14-8-3-2-4-9-14/h11H,2-10H2,1H3. The Bertz CT molecular complexity index is 207. The van der Waals surface area contributed by atoms with E-state index in [4.69, 9.17) is 11.6 Å². The second kappa shape index (κ2) is 8.24. The minimum absolute atomic E-state index is 0.275. The summed E-state index contributed by atoms with van der Waals surface area (Å²) in [6.07, 6.45) is 5.81. The maximum atomic E-state index is 11.8. The van der Waals surface area contributed by atoms with Crippen LogP contribution < -0.4 is 0 Å². The zero-order chi connectivity index (χ0) is 11.8. The van der Waals surface area contributed by atoms with Crippen LogP contribution in [0.1, 0.15) is 39.0 Å². The summed E-state index contributed by atoms with van der Waals surface area (Å²) in [5, 5.41) is 0.275. The van der Waals surface area contributed by atoms with E-state index in [1.807, 2.05) is 4.90 Å². The third-order valence-corrected chi connectivity index (χ3v) is 4.44. The lowest BCUT2D eigenvalue weighted by Crippen LogP contribution is -2.33. The van der Waals surface area contributed by atoms with Gasteiger partial charge in [-0.15, -0.1) is 11.6 Å². The van der Waals surface area contributed by atoms with Crippen molar-refractivity contribution in [1.82, 2.24) is 4.90 Å². The first-order valence-electron chi connectivity index (χ1n) is 6.21. The summed E-state index contributed by atoms with van der Waals surface area (Å²) in [4.78, 5) is 13.8. The van der Waals surface area contributed by atoms with Gasteiger partial charge in [0.1, 0.15) is 0 Å². The van der Waals surface area contributed by atoms with Crippen LogP contribution in [0.4, 0.5) is 4.79 Å². The van der Waals surface area contributed by atoms with Crippen molar-refractivity contribution in [2.75, 3.05) is 24.7 Å². The quantitative estimate of drug-likeness (QED) is 0.700. The molecule has 1 aliphatic heterocycles. The molecule has 94 valence electrons. The molecule has 0 radical (unpaired) electrons. The lowest BCUT2D eigenvalue weighted by Gasteiger charge is -2.26. The Morgan fingerprint density at radius 1 is 1.38 bits per heavy atom. The summed E-state index contributed by atoms with van der Waals surface area (Å²) >= 11 is 7.13. The van der Waals surface area contributed by atoms with E-state index in [0.717, 1.165) is 37.6 Å². The first kappa shape index (κ1) is 14.2. The van der Waals surface area contributed by atoms with Crippen molar-refractivity contribution in [3.8, 4) is 0 Å². The van der Waals surface area contributed by atoms with E-state index < -0.39 is 0 Å². The molecule has 1 atom stereocenters. The summed E-state index contributed by atoms with van der Waals surface area (Å²) in [5.74, 6) is 2.26. The molecule has 1 amide bonds. The molecule has 1 unspecified atom stereocenters. The van der Waals surface area contributed by atoms with Gasteiger partial charge in [0.15, 0.2) is 0 Å². The number of hydrogen-bond acceptors (Lipinski definition) is 2. The average Bonchev–Trinajstić information content (AvgIpc) is 2.34. The number of carbonyl (C=O) groups excluding carboxylic acids is 1. The highest BCUT2D eigenvalue weighted by Gasteiger charge is 2.17.